The minimum Gasteiger partial charge on any atom is -0.450 e. The number of piperazine rings is 1. The number of hydrogen-bond donors (Lipinski definition) is 1. The molecule has 0 aromatic heterocycles. The van der Waals surface area contributed by atoms with Crippen LogP contribution in [0.1, 0.15) is 22.8 Å². The number of hydrogen-bond acceptors (Lipinski definition) is 4. The van der Waals surface area contributed by atoms with Gasteiger partial charge in [0.2, 0.25) is 0 Å². The van der Waals surface area contributed by atoms with Crippen molar-refractivity contribution < 1.29 is 27.5 Å². The monoisotopic (exact) mass is 421 g/mol. The second-order valence-corrected chi connectivity index (χ2v) is 6.75. The topological polar surface area (TPSA) is 61.9 Å². The maximum Gasteiger partial charge on any atom is 0.416 e. The fourth-order valence-electron chi connectivity index (χ4n) is 3.24. The van der Waals surface area contributed by atoms with E-state index in [0.717, 1.165) is 12.1 Å². The lowest BCUT2D eigenvalue weighted by Gasteiger charge is -2.36. The number of benzene rings is 2. The molecule has 1 N–H and O–H groups in total. The number of nitrogens with one attached hydrogen (secondary N) is 1. The van der Waals surface area contributed by atoms with Gasteiger partial charge in [0.05, 0.1) is 12.2 Å². The van der Waals surface area contributed by atoms with Gasteiger partial charge in [-0.15, -0.1) is 0 Å². The van der Waals surface area contributed by atoms with E-state index in [2.05, 4.69) is 5.32 Å². The first kappa shape index (κ1) is 21.5. The van der Waals surface area contributed by atoms with Crippen LogP contribution in [0.2, 0.25) is 0 Å². The summed E-state index contributed by atoms with van der Waals surface area (Å²) in [4.78, 5) is 27.8. The van der Waals surface area contributed by atoms with Crippen LogP contribution in [-0.2, 0) is 10.9 Å². The molecule has 0 bridgehead atoms. The summed E-state index contributed by atoms with van der Waals surface area (Å²) in [6.07, 6.45) is -4.99. The first-order valence-electron chi connectivity index (χ1n) is 9.53. The molecule has 30 heavy (non-hydrogen) atoms. The van der Waals surface area contributed by atoms with Crippen LogP contribution in [0, 0.1) is 0 Å². The summed E-state index contributed by atoms with van der Waals surface area (Å²) in [5.74, 6) is -0.203. The lowest BCUT2D eigenvalue weighted by Crippen LogP contribution is -2.48. The number of anilines is 2. The molecule has 2 aromatic carbocycles. The molecule has 0 aliphatic carbocycles. The van der Waals surface area contributed by atoms with Crippen LogP contribution in [0.3, 0.4) is 0 Å². The van der Waals surface area contributed by atoms with E-state index < -0.39 is 17.8 Å². The molecule has 0 atom stereocenters. The zero-order chi connectivity index (χ0) is 21.7. The van der Waals surface area contributed by atoms with Gasteiger partial charge in [-0.1, -0.05) is 12.1 Å². The molecule has 2 amide bonds. The van der Waals surface area contributed by atoms with Crippen LogP contribution in [-0.4, -0.2) is 49.7 Å². The Morgan fingerprint density at radius 1 is 1.03 bits per heavy atom. The van der Waals surface area contributed by atoms with Gasteiger partial charge in [-0.05, 0) is 43.3 Å². The van der Waals surface area contributed by atoms with E-state index in [0.29, 0.717) is 43.1 Å². The van der Waals surface area contributed by atoms with Crippen LogP contribution < -0.4 is 10.2 Å². The maximum absolute atomic E-state index is 12.9. The lowest BCUT2D eigenvalue weighted by atomic mass is 10.1. The van der Waals surface area contributed by atoms with E-state index in [1.807, 2.05) is 4.90 Å². The Hall–Kier alpha value is -3.23. The minimum atomic E-state index is -4.39. The van der Waals surface area contributed by atoms with Crippen LogP contribution in [0.15, 0.2) is 48.5 Å². The predicted molar refractivity (Wildman–Crippen MR) is 107 cm³/mol. The molecule has 1 heterocycles. The molecule has 0 radical (unpaired) electrons. The molecule has 0 saturated carbocycles. The van der Waals surface area contributed by atoms with E-state index in [1.54, 1.807) is 42.2 Å². The molecule has 1 saturated heterocycles. The number of amides is 2. The quantitative estimate of drug-likeness (QED) is 0.803. The molecule has 160 valence electrons. The standard InChI is InChI=1S/C21H22F3N3O3/c1-2-30-20(29)25-17-7-3-5-15(13-17)19(28)27-11-9-26(10-12-27)18-8-4-6-16(14-18)21(22,23)24/h3-8,13-14H,2,9-12H2,1H3,(H,25,29). The van der Waals surface area contributed by atoms with Gasteiger partial charge in [0.25, 0.3) is 5.91 Å². The summed E-state index contributed by atoms with van der Waals surface area (Å²) in [5.41, 5.74) is 0.653. The van der Waals surface area contributed by atoms with E-state index >= 15 is 0 Å². The van der Waals surface area contributed by atoms with Gasteiger partial charge < -0.3 is 14.5 Å². The van der Waals surface area contributed by atoms with Gasteiger partial charge in [-0.25, -0.2) is 4.79 Å². The molecule has 1 fully saturated rings. The highest BCUT2D eigenvalue weighted by Crippen LogP contribution is 2.32. The smallest absolute Gasteiger partial charge is 0.416 e. The van der Waals surface area contributed by atoms with Gasteiger partial charge in [0.1, 0.15) is 0 Å². The zero-order valence-corrected chi connectivity index (χ0v) is 16.4. The van der Waals surface area contributed by atoms with Crippen LogP contribution in [0.5, 0.6) is 0 Å². The Kier molecular flexibility index (Phi) is 6.49. The second-order valence-electron chi connectivity index (χ2n) is 6.75. The molecule has 2 aromatic rings. The number of nitrogens with zero attached hydrogens (tertiary/aromatic N) is 2. The molecule has 6 nitrogen and oxygen atoms in total. The average Bonchev–Trinajstić information content (AvgIpc) is 2.73. The number of alkyl halides is 3. The van der Waals surface area contributed by atoms with Crippen LogP contribution in [0.25, 0.3) is 0 Å². The van der Waals surface area contributed by atoms with Gasteiger partial charge >= 0.3 is 12.3 Å². The Labute approximate surface area is 172 Å². The highest BCUT2D eigenvalue weighted by molar-refractivity contribution is 5.96. The Bertz CT molecular complexity index is 910. The Balaban J connectivity index is 1.63. The van der Waals surface area contributed by atoms with Crippen molar-refractivity contribution in [1.29, 1.82) is 0 Å². The molecule has 3 rings (SSSR count). The van der Waals surface area contributed by atoms with Crippen molar-refractivity contribution in [2.75, 3.05) is 43.0 Å². The third-order valence-electron chi connectivity index (χ3n) is 4.74. The number of carbonyl (C=O) groups is 2. The summed E-state index contributed by atoms with van der Waals surface area (Å²) >= 11 is 0. The first-order valence-corrected chi connectivity index (χ1v) is 9.53. The normalized spacial score (nSPS) is 14.4. The fraction of sp³-hybridized carbons (Fsp3) is 0.333. The summed E-state index contributed by atoms with van der Waals surface area (Å²) in [6.45, 7) is 3.54. The first-order chi connectivity index (χ1) is 14.3. The Morgan fingerprint density at radius 3 is 2.40 bits per heavy atom. The number of rotatable bonds is 4. The van der Waals surface area contributed by atoms with Crippen molar-refractivity contribution in [3.05, 3.63) is 59.7 Å². The fourth-order valence-corrected chi connectivity index (χ4v) is 3.24. The van der Waals surface area contributed by atoms with E-state index in [-0.39, 0.29) is 12.5 Å². The highest BCUT2D eigenvalue weighted by atomic mass is 19.4. The minimum absolute atomic E-state index is 0.203. The predicted octanol–water partition coefficient (Wildman–Crippen LogP) is 4.24. The van der Waals surface area contributed by atoms with Crippen molar-refractivity contribution in [3.8, 4) is 0 Å². The van der Waals surface area contributed by atoms with Crippen LogP contribution >= 0.6 is 0 Å². The van der Waals surface area contributed by atoms with E-state index in [4.69, 9.17) is 4.74 Å². The SMILES string of the molecule is CCOC(=O)Nc1cccc(C(=O)N2CCN(c3cccc(C(F)(F)F)c3)CC2)c1. The van der Waals surface area contributed by atoms with Crippen molar-refractivity contribution in [2.45, 2.75) is 13.1 Å². The largest absolute Gasteiger partial charge is 0.450 e. The highest BCUT2D eigenvalue weighted by Gasteiger charge is 2.31. The zero-order valence-electron chi connectivity index (χ0n) is 16.4. The second kappa shape index (κ2) is 9.06. The average molecular weight is 421 g/mol. The maximum atomic E-state index is 12.9. The molecule has 1 aliphatic rings. The molecular weight excluding hydrogens is 399 g/mol. The van der Waals surface area contributed by atoms with Gasteiger partial charge in [-0.3, -0.25) is 10.1 Å². The van der Waals surface area contributed by atoms with E-state index in [1.165, 1.54) is 6.07 Å². The summed E-state index contributed by atoms with van der Waals surface area (Å²) in [6, 6.07) is 11.7. The summed E-state index contributed by atoms with van der Waals surface area (Å²) in [5, 5.41) is 2.55. The molecule has 0 spiro atoms. The summed E-state index contributed by atoms with van der Waals surface area (Å²) < 4.78 is 43.6. The van der Waals surface area contributed by atoms with Gasteiger partial charge in [-0.2, -0.15) is 13.2 Å². The Morgan fingerprint density at radius 2 is 1.73 bits per heavy atom. The van der Waals surface area contributed by atoms with Crippen molar-refractivity contribution in [3.63, 3.8) is 0 Å². The number of halogens is 3. The third-order valence-corrected chi connectivity index (χ3v) is 4.74. The number of carbonyl (C=O) groups excluding carboxylic acids is 2. The van der Waals surface area contributed by atoms with Gasteiger partial charge in [0.15, 0.2) is 0 Å². The molecule has 0 unspecified atom stereocenters. The van der Waals surface area contributed by atoms with E-state index in [9.17, 15) is 22.8 Å². The number of ether oxygens (including phenoxy) is 1. The van der Waals surface area contributed by atoms with Crippen molar-refractivity contribution in [2.24, 2.45) is 0 Å². The van der Waals surface area contributed by atoms with Crippen molar-refractivity contribution in [1.82, 2.24) is 4.90 Å². The van der Waals surface area contributed by atoms with Gasteiger partial charge in [0, 0.05) is 43.1 Å². The molecule has 1 aliphatic heterocycles. The summed E-state index contributed by atoms with van der Waals surface area (Å²) in [7, 11) is 0. The van der Waals surface area contributed by atoms with Crippen LogP contribution in [0.4, 0.5) is 29.3 Å². The molecule has 9 heteroatoms. The van der Waals surface area contributed by atoms with Crippen molar-refractivity contribution >= 4 is 23.4 Å². The lowest BCUT2D eigenvalue weighted by molar-refractivity contribution is -0.137. The molecular formula is C21H22F3N3O3. The third kappa shape index (κ3) is 5.22.